The molecule has 0 heterocycles. The first kappa shape index (κ1) is 17.2. The van der Waals surface area contributed by atoms with Crippen molar-refractivity contribution in [2.24, 2.45) is 5.73 Å². The van der Waals surface area contributed by atoms with Crippen LogP contribution in [-0.4, -0.2) is 6.54 Å². The third-order valence-electron chi connectivity index (χ3n) is 4.99. The highest BCUT2D eigenvalue weighted by Gasteiger charge is 2.33. The highest BCUT2D eigenvalue weighted by molar-refractivity contribution is 5.68. The van der Waals surface area contributed by atoms with Gasteiger partial charge in [0.2, 0.25) is 0 Å². The standard InChI is InChI=1S/C24H25N/c1-2-20(21-12-6-3-7-13-21)18-24(19-25,22-14-8-4-9-15-22)23-16-10-5-11-17-23/h2-17H,18-19,25H2,1H3/b20-2-. The topological polar surface area (TPSA) is 26.0 Å². The van der Waals surface area contributed by atoms with E-state index in [9.17, 15) is 0 Å². The number of hydrogen-bond acceptors (Lipinski definition) is 1. The third-order valence-corrected chi connectivity index (χ3v) is 4.99. The second-order valence-electron chi connectivity index (χ2n) is 6.37. The fourth-order valence-corrected chi connectivity index (χ4v) is 3.54. The van der Waals surface area contributed by atoms with E-state index in [-0.39, 0.29) is 5.41 Å². The van der Waals surface area contributed by atoms with Crippen LogP contribution >= 0.6 is 0 Å². The summed E-state index contributed by atoms with van der Waals surface area (Å²) in [5.74, 6) is 0. The maximum atomic E-state index is 6.43. The molecule has 25 heavy (non-hydrogen) atoms. The molecule has 0 aliphatic rings. The zero-order chi connectivity index (χ0) is 17.5. The number of benzene rings is 3. The monoisotopic (exact) mass is 327 g/mol. The van der Waals surface area contributed by atoms with Crippen LogP contribution in [0.25, 0.3) is 5.57 Å². The molecule has 0 saturated heterocycles. The van der Waals surface area contributed by atoms with E-state index in [4.69, 9.17) is 5.73 Å². The third kappa shape index (κ3) is 3.57. The lowest BCUT2D eigenvalue weighted by atomic mass is 9.69. The van der Waals surface area contributed by atoms with Gasteiger partial charge in [0.05, 0.1) is 0 Å². The highest BCUT2D eigenvalue weighted by atomic mass is 14.6. The molecule has 0 fully saturated rings. The van der Waals surface area contributed by atoms with Crippen LogP contribution in [0.15, 0.2) is 97.1 Å². The molecule has 1 heteroatoms. The molecule has 2 N–H and O–H groups in total. The van der Waals surface area contributed by atoms with Gasteiger partial charge in [0.25, 0.3) is 0 Å². The summed E-state index contributed by atoms with van der Waals surface area (Å²) in [5, 5.41) is 0. The lowest BCUT2D eigenvalue weighted by molar-refractivity contribution is 0.540. The van der Waals surface area contributed by atoms with Crippen molar-refractivity contribution in [1.29, 1.82) is 0 Å². The van der Waals surface area contributed by atoms with E-state index in [2.05, 4.69) is 104 Å². The van der Waals surface area contributed by atoms with Crippen LogP contribution in [0.2, 0.25) is 0 Å². The molecule has 0 saturated carbocycles. The predicted molar refractivity (Wildman–Crippen MR) is 107 cm³/mol. The van der Waals surface area contributed by atoms with Crippen LogP contribution in [-0.2, 0) is 5.41 Å². The predicted octanol–water partition coefficient (Wildman–Crippen LogP) is 5.43. The first-order valence-electron chi connectivity index (χ1n) is 8.82. The van der Waals surface area contributed by atoms with Gasteiger partial charge >= 0.3 is 0 Å². The van der Waals surface area contributed by atoms with E-state index in [0.29, 0.717) is 6.54 Å². The quantitative estimate of drug-likeness (QED) is 0.642. The van der Waals surface area contributed by atoms with Gasteiger partial charge in [-0.15, -0.1) is 0 Å². The molecule has 0 amide bonds. The number of allylic oxidation sites excluding steroid dienone is 2. The Hall–Kier alpha value is -2.64. The van der Waals surface area contributed by atoms with Gasteiger partial charge in [0.1, 0.15) is 0 Å². The van der Waals surface area contributed by atoms with Crippen molar-refractivity contribution >= 4 is 5.57 Å². The zero-order valence-corrected chi connectivity index (χ0v) is 14.7. The summed E-state index contributed by atoms with van der Waals surface area (Å²) in [6.07, 6.45) is 3.09. The lowest BCUT2D eigenvalue weighted by Gasteiger charge is -2.35. The maximum Gasteiger partial charge on any atom is 0.0365 e. The molecular formula is C24H25N. The fraction of sp³-hybridized carbons (Fsp3) is 0.167. The van der Waals surface area contributed by atoms with E-state index < -0.39 is 0 Å². The van der Waals surface area contributed by atoms with Crippen LogP contribution in [0, 0.1) is 0 Å². The molecule has 0 aliphatic heterocycles. The van der Waals surface area contributed by atoms with Crippen molar-refractivity contribution in [3.8, 4) is 0 Å². The van der Waals surface area contributed by atoms with Gasteiger partial charge in [0.15, 0.2) is 0 Å². The minimum Gasteiger partial charge on any atom is -0.329 e. The molecule has 3 aromatic carbocycles. The molecule has 1 nitrogen and oxygen atoms in total. The second-order valence-corrected chi connectivity index (χ2v) is 6.37. The van der Waals surface area contributed by atoms with Crippen molar-refractivity contribution in [3.05, 3.63) is 114 Å². The summed E-state index contributed by atoms with van der Waals surface area (Å²) in [5.41, 5.74) is 11.3. The van der Waals surface area contributed by atoms with Crippen LogP contribution < -0.4 is 5.73 Å². The minimum atomic E-state index is -0.236. The van der Waals surface area contributed by atoms with Crippen LogP contribution in [0.3, 0.4) is 0 Å². The molecule has 126 valence electrons. The van der Waals surface area contributed by atoms with Gasteiger partial charge in [0, 0.05) is 12.0 Å². The van der Waals surface area contributed by atoms with Gasteiger partial charge in [-0.25, -0.2) is 0 Å². The van der Waals surface area contributed by atoms with E-state index in [1.165, 1.54) is 22.3 Å². The van der Waals surface area contributed by atoms with E-state index in [1.54, 1.807) is 0 Å². The van der Waals surface area contributed by atoms with Gasteiger partial charge in [-0.1, -0.05) is 97.1 Å². The maximum absolute atomic E-state index is 6.43. The summed E-state index contributed by atoms with van der Waals surface area (Å²) in [4.78, 5) is 0. The molecule has 0 spiro atoms. The normalized spacial score (nSPS) is 12.2. The molecule has 3 rings (SSSR count). The number of hydrogen-bond donors (Lipinski definition) is 1. The summed E-state index contributed by atoms with van der Waals surface area (Å²) < 4.78 is 0. The van der Waals surface area contributed by atoms with Crippen molar-refractivity contribution < 1.29 is 0 Å². The highest BCUT2D eigenvalue weighted by Crippen LogP contribution is 2.39. The molecule has 0 atom stereocenters. The molecule has 0 aromatic heterocycles. The summed E-state index contributed by atoms with van der Waals surface area (Å²) in [6.45, 7) is 2.67. The Morgan fingerprint density at radius 1 is 0.760 bits per heavy atom. The summed E-state index contributed by atoms with van der Waals surface area (Å²) in [6, 6.07) is 31.9. The Kier molecular flexibility index (Phi) is 5.47. The Morgan fingerprint density at radius 2 is 1.20 bits per heavy atom. The Morgan fingerprint density at radius 3 is 1.60 bits per heavy atom. The molecule has 0 radical (unpaired) electrons. The van der Waals surface area contributed by atoms with Gasteiger partial charge in [-0.3, -0.25) is 0 Å². The lowest BCUT2D eigenvalue weighted by Crippen LogP contribution is -2.36. The van der Waals surface area contributed by atoms with E-state index in [0.717, 1.165) is 6.42 Å². The van der Waals surface area contributed by atoms with Gasteiger partial charge < -0.3 is 5.73 Å². The molecule has 0 unspecified atom stereocenters. The Bertz CT molecular complexity index is 765. The number of nitrogens with two attached hydrogens (primary N) is 1. The van der Waals surface area contributed by atoms with Crippen molar-refractivity contribution in [3.63, 3.8) is 0 Å². The molecular weight excluding hydrogens is 302 g/mol. The van der Waals surface area contributed by atoms with E-state index >= 15 is 0 Å². The van der Waals surface area contributed by atoms with Gasteiger partial charge in [-0.05, 0) is 35.6 Å². The molecule has 3 aromatic rings. The smallest absolute Gasteiger partial charge is 0.0365 e. The average Bonchev–Trinajstić information content (AvgIpc) is 2.71. The zero-order valence-electron chi connectivity index (χ0n) is 14.7. The second kappa shape index (κ2) is 7.96. The SMILES string of the molecule is C/C=C(/CC(CN)(c1ccccc1)c1ccccc1)c1ccccc1. The Labute approximate surface area is 150 Å². The van der Waals surface area contributed by atoms with E-state index in [1.807, 2.05) is 0 Å². The fourth-order valence-electron chi connectivity index (χ4n) is 3.54. The first-order valence-corrected chi connectivity index (χ1v) is 8.82. The van der Waals surface area contributed by atoms with Gasteiger partial charge in [-0.2, -0.15) is 0 Å². The van der Waals surface area contributed by atoms with Crippen LogP contribution in [0.1, 0.15) is 30.0 Å². The average molecular weight is 327 g/mol. The van der Waals surface area contributed by atoms with Crippen LogP contribution in [0.4, 0.5) is 0 Å². The molecule has 0 bridgehead atoms. The van der Waals surface area contributed by atoms with Crippen molar-refractivity contribution in [1.82, 2.24) is 0 Å². The first-order chi connectivity index (χ1) is 12.3. The van der Waals surface area contributed by atoms with Crippen molar-refractivity contribution in [2.45, 2.75) is 18.8 Å². The largest absolute Gasteiger partial charge is 0.329 e. The number of rotatable bonds is 6. The minimum absolute atomic E-state index is 0.236. The molecule has 0 aliphatic carbocycles. The summed E-state index contributed by atoms with van der Waals surface area (Å²) >= 11 is 0. The van der Waals surface area contributed by atoms with Crippen LogP contribution in [0.5, 0.6) is 0 Å². The van der Waals surface area contributed by atoms with Crippen molar-refractivity contribution in [2.75, 3.05) is 6.54 Å². The summed E-state index contributed by atoms with van der Waals surface area (Å²) in [7, 11) is 0. The Balaban J connectivity index is 2.12.